The van der Waals surface area contributed by atoms with Gasteiger partial charge in [0.2, 0.25) is 0 Å². The van der Waals surface area contributed by atoms with Crippen LogP contribution < -0.4 is 4.72 Å². The molecule has 0 bridgehead atoms. The zero-order chi connectivity index (χ0) is 13.3. The summed E-state index contributed by atoms with van der Waals surface area (Å²) in [6.07, 6.45) is 0. The Hall–Kier alpha value is -1.22. The lowest BCUT2D eigenvalue weighted by Gasteiger charge is -2.10. The van der Waals surface area contributed by atoms with E-state index in [1.165, 1.54) is 0 Å². The molecule has 9 heteroatoms. The molecule has 0 atom stereocenters. The number of nitrogens with one attached hydrogen (secondary N) is 1. The summed E-state index contributed by atoms with van der Waals surface area (Å²) in [5, 5.41) is 0. The Morgan fingerprint density at radius 1 is 1.12 bits per heavy atom. The van der Waals surface area contributed by atoms with Gasteiger partial charge >= 0.3 is 15.5 Å². The second-order valence-corrected chi connectivity index (χ2v) is 4.73. The quantitative estimate of drug-likeness (QED) is 0.856. The number of halogens is 5. The fourth-order valence-corrected chi connectivity index (χ4v) is 1.45. The Balaban J connectivity index is 2.89. The lowest BCUT2D eigenvalue weighted by molar-refractivity contribution is -0.0448. The molecule has 0 aliphatic carbocycles. The van der Waals surface area contributed by atoms with Gasteiger partial charge in [-0.1, -0.05) is 6.07 Å². The van der Waals surface area contributed by atoms with Gasteiger partial charge in [-0.15, -0.1) is 0 Å². The van der Waals surface area contributed by atoms with Gasteiger partial charge in [0.25, 0.3) is 0 Å². The maximum Gasteiger partial charge on any atom is 0.511 e. The lowest BCUT2D eigenvalue weighted by Crippen LogP contribution is -2.36. The first-order chi connectivity index (χ1) is 7.65. The maximum atomic E-state index is 13.0. The smallest absolute Gasteiger partial charge is 0.207 e. The van der Waals surface area contributed by atoms with Gasteiger partial charge in [-0.3, -0.25) is 0 Å². The van der Waals surface area contributed by atoms with Crippen LogP contribution in [0.4, 0.5) is 22.0 Å². The van der Waals surface area contributed by atoms with Gasteiger partial charge < -0.3 is 0 Å². The highest BCUT2D eigenvalue weighted by Gasteiger charge is 2.45. The van der Waals surface area contributed by atoms with Crippen LogP contribution in [0.5, 0.6) is 0 Å². The zero-order valence-electron chi connectivity index (χ0n) is 8.05. The zero-order valence-corrected chi connectivity index (χ0v) is 8.87. The van der Waals surface area contributed by atoms with E-state index in [1.807, 2.05) is 0 Å². The molecule has 1 aromatic carbocycles. The van der Waals surface area contributed by atoms with E-state index in [4.69, 9.17) is 0 Å². The van der Waals surface area contributed by atoms with Gasteiger partial charge in [-0.05, 0) is 12.1 Å². The minimum Gasteiger partial charge on any atom is -0.207 e. The summed E-state index contributed by atoms with van der Waals surface area (Å²) in [6, 6.07) is 2.62. The minimum atomic E-state index is -5.61. The molecule has 0 radical (unpaired) electrons. The third kappa shape index (κ3) is 3.13. The molecule has 96 valence electrons. The topological polar surface area (TPSA) is 46.2 Å². The summed E-state index contributed by atoms with van der Waals surface area (Å²) < 4.78 is 83.8. The normalized spacial score (nSPS) is 12.8. The average molecular weight is 275 g/mol. The fraction of sp³-hybridized carbons (Fsp3) is 0.250. The highest BCUT2D eigenvalue weighted by molar-refractivity contribution is 7.90. The molecule has 0 saturated heterocycles. The van der Waals surface area contributed by atoms with Crippen molar-refractivity contribution in [1.29, 1.82) is 0 Å². The molecule has 0 aromatic heterocycles. The van der Waals surface area contributed by atoms with Gasteiger partial charge in [0.1, 0.15) is 11.6 Å². The number of rotatable bonds is 3. The first-order valence-electron chi connectivity index (χ1n) is 4.14. The molecule has 1 N–H and O–H groups in total. The van der Waals surface area contributed by atoms with Crippen LogP contribution in [0.15, 0.2) is 18.2 Å². The number of hydrogen-bond acceptors (Lipinski definition) is 2. The van der Waals surface area contributed by atoms with E-state index in [0.29, 0.717) is 0 Å². The molecular formula is C8H6F5NO2S. The molecule has 1 rings (SSSR count). The Morgan fingerprint density at radius 2 is 1.59 bits per heavy atom. The largest absolute Gasteiger partial charge is 0.511 e. The van der Waals surface area contributed by atoms with Crippen LogP contribution in [0.25, 0.3) is 0 Å². The second kappa shape index (κ2) is 4.57. The van der Waals surface area contributed by atoms with E-state index >= 15 is 0 Å². The Kier molecular flexibility index (Phi) is 3.72. The molecule has 0 aliphatic heterocycles. The number of alkyl halides is 3. The Bertz CT molecular complexity index is 491. The van der Waals surface area contributed by atoms with E-state index in [9.17, 15) is 30.4 Å². The van der Waals surface area contributed by atoms with Crippen LogP contribution >= 0.6 is 0 Å². The Labute approximate surface area is 93.3 Å². The summed E-state index contributed by atoms with van der Waals surface area (Å²) in [4.78, 5) is 0. The molecule has 0 aliphatic rings. The van der Waals surface area contributed by atoms with Gasteiger partial charge in [-0.25, -0.2) is 21.9 Å². The van der Waals surface area contributed by atoms with Crippen molar-refractivity contribution in [1.82, 2.24) is 4.72 Å². The van der Waals surface area contributed by atoms with Gasteiger partial charge in [-0.2, -0.15) is 13.2 Å². The third-order valence-corrected chi connectivity index (χ3v) is 2.94. The van der Waals surface area contributed by atoms with E-state index in [0.717, 1.165) is 22.9 Å². The van der Waals surface area contributed by atoms with E-state index in [2.05, 4.69) is 0 Å². The second-order valence-electron chi connectivity index (χ2n) is 2.97. The van der Waals surface area contributed by atoms with Crippen molar-refractivity contribution >= 4 is 10.0 Å². The van der Waals surface area contributed by atoms with Crippen molar-refractivity contribution in [2.75, 3.05) is 0 Å². The Morgan fingerprint density at radius 3 is 2.00 bits per heavy atom. The van der Waals surface area contributed by atoms with Crippen LogP contribution in [0.2, 0.25) is 0 Å². The molecule has 0 fully saturated rings. The van der Waals surface area contributed by atoms with Crippen molar-refractivity contribution < 1.29 is 30.4 Å². The maximum absolute atomic E-state index is 13.0. The molecule has 17 heavy (non-hydrogen) atoms. The molecule has 3 nitrogen and oxygen atoms in total. The van der Waals surface area contributed by atoms with Crippen LogP contribution in [0, 0.1) is 11.6 Å². The highest BCUT2D eigenvalue weighted by atomic mass is 32.2. The summed E-state index contributed by atoms with van der Waals surface area (Å²) >= 11 is 0. The van der Waals surface area contributed by atoms with E-state index in [1.54, 1.807) is 0 Å². The summed E-state index contributed by atoms with van der Waals surface area (Å²) in [5.41, 5.74) is -6.30. The van der Waals surface area contributed by atoms with Crippen molar-refractivity contribution in [3.05, 3.63) is 35.4 Å². The van der Waals surface area contributed by atoms with Crippen molar-refractivity contribution in [3.63, 3.8) is 0 Å². The first-order valence-corrected chi connectivity index (χ1v) is 5.62. The molecule has 0 unspecified atom stereocenters. The van der Waals surface area contributed by atoms with Crippen molar-refractivity contribution in [2.45, 2.75) is 12.1 Å². The summed E-state index contributed by atoms with van der Waals surface area (Å²) in [7, 11) is -5.61. The van der Waals surface area contributed by atoms with Gasteiger partial charge in [0, 0.05) is 12.1 Å². The summed E-state index contributed by atoms with van der Waals surface area (Å²) in [6.45, 7) is -1.11. The fourth-order valence-electron chi connectivity index (χ4n) is 0.950. The SMILES string of the molecule is O=S(=O)(NCc1c(F)cccc1F)C(F)(F)F. The third-order valence-electron chi connectivity index (χ3n) is 1.81. The molecule has 1 aromatic rings. The van der Waals surface area contributed by atoms with Gasteiger partial charge in [0.05, 0.1) is 0 Å². The van der Waals surface area contributed by atoms with Crippen LogP contribution in [0.1, 0.15) is 5.56 Å². The van der Waals surface area contributed by atoms with Gasteiger partial charge in [0.15, 0.2) is 0 Å². The predicted molar refractivity (Wildman–Crippen MR) is 48.2 cm³/mol. The molecule has 0 saturated carbocycles. The van der Waals surface area contributed by atoms with Crippen molar-refractivity contribution in [3.8, 4) is 0 Å². The molecule has 0 spiro atoms. The monoisotopic (exact) mass is 275 g/mol. The van der Waals surface area contributed by atoms with Crippen molar-refractivity contribution in [2.24, 2.45) is 0 Å². The summed E-state index contributed by atoms with van der Waals surface area (Å²) in [5.74, 6) is -2.26. The molecular weight excluding hydrogens is 269 g/mol. The first kappa shape index (κ1) is 13.8. The molecule has 0 amide bonds. The van der Waals surface area contributed by atoms with E-state index < -0.39 is 39.3 Å². The minimum absolute atomic E-state index is 0.777. The van der Waals surface area contributed by atoms with Crippen LogP contribution in [-0.2, 0) is 16.6 Å². The van der Waals surface area contributed by atoms with Crippen LogP contribution in [-0.4, -0.2) is 13.9 Å². The standard InChI is InChI=1S/C8H6F5NO2S/c9-6-2-1-3-7(10)5(6)4-14-17(15,16)8(11,12)13/h1-3,14H,4H2. The molecule has 0 heterocycles. The highest BCUT2D eigenvalue weighted by Crippen LogP contribution is 2.22. The van der Waals surface area contributed by atoms with E-state index in [-0.39, 0.29) is 0 Å². The lowest BCUT2D eigenvalue weighted by atomic mass is 10.2. The average Bonchev–Trinajstić information content (AvgIpc) is 2.15. The van der Waals surface area contributed by atoms with Crippen LogP contribution in [0.3, 0.4) is 0 Å². The predicted octanol–water partition coefficient (Wildman–Crippen LogP) is 1.90. The number of benzene rings is 1. The number of sulfonamides is 1. The number of hydrogen-bond donors (Lipinski definition) is 1.